The van der Waals surface area contributed by atoms with Gasteiger partial charge >= 0.3 is 0 Å². The molecule has 0 rings (SSSR count). The molecular formula is C9H19FO2. The number of halogens is 1. The molecular weight excluding hydrogens is 159 g/mol. The SMILES string of the molecule is COC(C)(C)CCOC(C)(C)F. The van der Waals surface area contributed by atoms with E-state index >= 15 is 0 Å². The van der Waals surface area contributed by atoms with E-state index < -0.39 is 5.85 Å². The van der Waals surface area contributed by atoms with E-state index in [1.54, 1.807) is 7.11 Å². The normalized spacial score (nSPS) is 13.5. The molecule has 0 radical (unpaired) electrons. The van der Waals surface area contributed by atoms with Gasteiger partial charge in [-0.25, -0.2) is 4.39 Å². The molecule has 0 bridgehead atoms. The van der Waals surface area contributed by atoms with E-state index in [1.165, 1.54) is 13.8 Å². The summed E-state index contributed by atoms with van der Waals surface area (Å²) in [5, 5.41) is 0. The van der Waals surface area contributed by atoms with Crippen LogP contribution < -0.4 is 0 Å². The number of hydrogen-bond donors (Lipinski definition) is 0. The first-order chi connectivity index (χ1) is 5.27. The molecule has 0 aliphatic carbocycles. The fraction of sp³-hybridized carbons (Fsp3) is 1.00. The fourth-order valence-corrected chi connectivity index (χ4v) is 0.642. The molecule has 0 atom stereocenters. The van der Waals surface area contributed by atoms with Crippen molar-refractivity contribution in [3.05, 3.63) is 0 Å². The van der Waals surface area contributed by atoms with Gasteiger partial charge in [-0.15, -0.1) is 0 Å². The highest BCUT2D eigenvalue weighted by Crippen LogP contribution is 2.16. The summed E-state index contributed by atoms with van der Waals surface area (Å²) in [6, 6.07) is 0. The van der Waals surface area contributed by atoms with Crippen LogP contribution in [0.3, 0.4) is 0 Å². The van der Waals surface area contributed by atoms with Crippen LogP contribution in [0.5, 0.6) is 0 Å². The lowest BCUT2D eigenvalue weighted by Crippen LogP contribution is -2.27. The summed E-state index contributed by atoms with van der Waals surface area (Å²) in [4.78, 5) is 0. The second-order valence-corrected chi connectivity index (χ2v) is 3.93. The van der Waals surface area contributed by atoms with Crippen molar-refractivity contribution in [2.24, 2.45) is 0 Å². The Bertz CT molecular complexity index is 127. The van der Waals surface area contributed by atoms with Gasteiger partial charge in [0.05, 0.1) is 12.2 Å². The summed E-state index contributed by atoms with van der Waals surface area (Å²) in [6.07, 6.45) is 0.691. The highest BCUT2D eigenvalue weighted by atomic mass is 19.2. The monoisotopic (exact) mass is 178 g/mol. The number of methoxy groups -OCH3 is 1. The van der Waals surface area contributed by atoms with Gasteiger partial charge in [-0.1, -0.05) is 0 Å². The topological polar surface area (TPSA) is 18.5 Å². The lowest BCUT2D eigenvalue weighted by atomic mass is 10.1. The lowest BCUT2D eigenvalue weighted by Gasteiger charge is -2.24. The van der Waals surface area contributed by atoms with E-state index in [0.29, 0.717) is 13.0 Å². The van der Waals surface area contributed by atoms with Gasteiger partial charge in [0.2, 0.25) is 5.85 Å². The minimum atomic E-state index is -1.54. The average molecular weight is 178 g/mol. The van der Waals surface area contributed by atoms with Crippen LogP contribution in [0.4, 0.5) is 4.39 Å². The van der Waals surface area contributed by atoms with Crippen LogP contribution in [0.25, 0.3) is 0 Å². The molecule has 0 amide bonds. The number of ether oxygens (including phenoxy) is 2. The molecule has 0 saturated heterocycles. The van der Waals surface area contributed by atoms with E-state index in [0.717, 1.165) is 0 Å². The number of rotatable bonds is 5. The molecule has 0 fully saturated rings. The summed E-state index contributed by atoms with van der Waals surface area (Å²) >= 11 is 0. The highest BCUT2D eigenvalue weighted by molar-refractivity contribution is 4.67. The van der Waals surface area contributed by atoms with Crippen LogP contribution in [0, 0.1) is 0 Å². The van der Waals surface area contributed by atoms with E-state index in [9.17, 15) is 4.39 Å². The Labute approximate surface area is 74.1 Å². The van der Waals surface area contributed by atoms with Crippen LogP contribution >= 0.6 is 0 Å². The van der Waals surface area contributed by atoms with Gasteiger partial charge in [0.1, 0.15) is 0 Å². The highest BCUT2D eigenvalue weighted by Gasteiger charge is 2.20. The first kappa shape index (κ1) is 11.8. The molecule has 74 valence electrons. The molecule has 0 N–H and O–H groups in total. The zero-order valence-electron chi connectivity index (χ0n) is 8.61. The van der Waals surface area contributed by atoms with E-state index in [-0.39, 0.29) is 5.60 Å². The molecule has 12 heavy (non-hydrogen) atoms. The van der Waals surface area contributed by atoms with Crippen molar-refractivity contribution in [1.29, 1.82) is 0 Å². The Hall–Kier alpha value is -0.150. The van der Waals surface area contributed by atoms with Crippen molar-refractivity contribution in [2.75, 3.05) is 13.7 Å². The molecule has 2 nitrogen and oxygen atoms in total. The molecule has 0 spiro atoms. The lowest BCUT2D eigenvalue weighted by molar-refractivity contribution is -0.129. The molecule has 0 saturated carbocycles. The van der Waals surface area contributed by atoms with Crippen LogP contribution in [-0.4, -0.2) is 25.2 Å². The summed E-state index contributed by atoms with van der Waals surface area (Å²) in [6.45, 7) is 7.06. The zero-order valence-corrected chi connectivity index (χ0v) is 8.61. The van der Waals surface area contributed by atoms with Gasteiger partial charge in [0.15, 0.2) is 0 Å². The summed E-state index contributed by atoms with van der Waals surface area (Å²) in [5.41, 5.74) is -0.231. The van der Waals surface area contributed by atoms with Crippen LogP contribution in [0.1, 0.15) is 34.1 Å². The Morgan fingerprint density at radius 1 is 1.17 bits per heavy atom. The molecule has 0 aromatic rings. The maximum absolute atomic E-state index is 12.8. The van der Waals surface area contributed by atoms with Crippen molar-refractivity contribution in [3.63, 3.8) is 0 Å². The standard InChI is InChI=1S/C9H19FO2/c1-8(2,11-5)6-7-12-9(3,4)10/h6-7H2,1-5H3. The summed E-state index contributed by atoms with van der Waals surface area (Å²) in [7, 11) is 1.64. The first-order valence-corrected chi connectivity index (χ1v) is 4.15. The number of hydrogen-bond acceptors (Lipinski definition) is 2. The van der Waals surface area contributed by atoms with E-state index in [1.807, 2.05) is 13.8 Å². The third-order valence-electron chi connectivity index (χ3n) is 1.70. The Morgan fingerprint density at radius 3 is 2.00 bits per heavy atom. The van der Waals surface area contributed by atoms with Crippen LogP contribution in [0.2, 0.25) is 0 Å². The number of alkyl halides is 1. The van der Waals surface area contributed by atoms with Crippen LogP contribution in [-0.2, 0) is 9.47 Å². The Morgan fingerprint density at radius 2 is 1.67 bits per heavy atom. The molecule has 0 aromatic heterocycles. The van der Waals surface area contributed by atoms with Gasteiger partial charge < -0.3 is 9.47 Å². The van der Waals surface area contributed by atoms with E-state index in [2.05, 4.69) is 0 Å². The van der Waals surface area contributed by atoms with Gasteiger partial charge in [0, 0.05) is 7.11 Å². The maximum atomic E-state index is 12.8. The summed E-state index contributed by atoms with van der Waals surface area (Å²) < 4.78 is 22.9. The second kappa shape index (κ2) is 4.19. The maximum Gasteiger partial charge on any atom is 0.203 e. The van der Waals surface area contributed by atoms with Crippen molar-refractivity contribution in [2.45, 2.75) is 45.6 Å². The molecule has 0 heterocycles. The van der Waals surface area contributed by atoms with Gasteiger partial charge in [-0.2, -0.15) is 0 Å². The second-order valence-electron chi connectivity index (χ2n) is 3.93. The van der Waals surface area contributed by atoms with Crippen molar-refractivity contribution in [3.8, 4) is 0 Å². The van der Waals surface area contributed by atoms with Crippen molar-refractivity contribution >= 4 is 0 Å². The van der Waals surface area contributed by atoms with Gasteiger partial charge in [-0.05, 0) is 34.1 Å². The predicted octanol–water partition coefficient (Wildman–Crippen LogP) is 2.52. The Balaban J connectivity index is 3.57. The van der Waals surface area contributed by atoms with E-state index in [4.69, 9.17) is 9.47 Å². The quantitative estimate of drug-likeness (QED) is 0.644. The Kier molecular flexibility index (Phi) is 4.14. The molecule has 0 aliphatic rings. The molecule has 3 heteroatoms. The van der Waals surface area contributed by atoms with Crippen LogP contribution in [0.15, 0.2) is 0 Å². The third kappa shape index (κ3) is 6.55. The first-order valence-electron chi connectivity index (χ1n) is 4.15. The predicted molar refractivity (Wildman–Crippen MR) is 46.8 cm³/mol. The van der Waals surface area contributed by atoms with Crippen molar-refractivity contribution in [1.82, 2.24) is 0 Å². The molecule has 0 unspecified atom stereocenters. The molecule has 0 aliphatic heterocycles. The minimum absolute atomic E-state index is 0.231. The average Bonchev–Trinajstić information content (AvgIpc) is 1.84. The largest absolute Gasteiger partial charge is 0.379 e. The zero-order chi connectivity index (χ0) is 9.83. The summed E-state index contributed by atoms with van der Waals surface area (Å²) in [5.74, 6) is -1.54. The minimum Gasteiger partial charge on any atom is -0.379 e. The fourth-order valence-electron chi connectivity index (χ4n) is 0.642. The third-order valence-corrected chi connectivity index (χ3v) is 1.70. The van der Waals surface area contributed by atoms with Crippen molar-refractivity contribution < 1.29 is 13.9 Å². The smallest absolute Gasteiger partial charge is 0.203 e. The molecule has 0 aromatic carbocycles. The van der Waals surface area contributed by atoms with Gasteiger partial charge in [-0.3, -0.25) is 0 Å². The van der Waals surface area contributed by atoms with Gasteiger partial charge in [0.25, 0.3) is 0 Å².